The molecule has 0 aliphatic carbocycles. The summed E-state index contributed by atoms with van der Waals surface area (Å²) in [5.41, 5.74) is 3.21. The summed E-state index contributed by atoms with van der Waals surface area (Å²) >= 11 is 0. The second kappa shape index (κ2) is 3.24. The van der Waals surface area contributed by atoms with Crippen molar-refractivity contribution in [3.63, 3.8) is 0 Å². The fourth-order valence-electron chi connectivity index (χ4n) is 1.69. The minimum absolute atomic E-state index is 0.928. The van der Waals surface area contributed by atoms with Gasteiger partial charge in [0.05, 0.1) is 5.56 Å². The van der Waals surface area contributed by atoms with Gasteiger partial charge in [0.2, 0.25) is 5.69 Å². The lowest BCUT2D eigenvalue weighted by molar-refractivity contribution is 1.41. The molecule has 0 spiro atoms. The predicted octanol–water partition coefficient (Wildman–Crippen LogP) is 2.53. The van der Waals surface area contributed by atoms with Crippen LogP contribution in [-0.2, 0) is 0 Å². The zero-order valence-corrected chi connectivity index (χ0v) is 8.14. The molecular formula is C13H10N2+. The van der Waals surface area contributed by atoms with Gasteiger partial charge in [-0.2, -0.15) is 0 Å². The van der Waals surface area contributed by atoms with Gasteiger partial charge in [0.1, 0.15) is 0 Å². The Balaban J connectivity index is 2.02. The van der Waals surface area contributed by atoms with Crippen molar-refractivity contribution in [1.29, 1.82) is 0 Å². The molecule has 0 unspecified atom stereocenters. The van der Waals surface area contributed by atoms with Crippen molar-refractivity contribution in [2.24, 2.45) is 0 Å². The number of nitrogens with zero attached hydrogens (tertiary/aromatic N) is 1. The Kier molecular flexibility index (Phi) is 1.78. The molecular weight excluding hydrogens is 184 g/mol. The number of rotatable bonds is 1. The fourth-order valence-corrected chi connectivity index (χ4v) is 1.69. The highest BCUT2D eigenvalue weighted by atomic mass is 15.1. The largest absolute Gasteiger partial charge is 0.329 e. The quantitative estimate of drug-likeness (QED) is 0.741. The number of aliphatic imine (C=N–C) groups is 1. The number of hydrogen-bond acceptors (Lipinski definition) is 2. The summed E-state index contributed by atoms with van der Waals surface area (Å²) < 4.78 is 0. The monoisotopic (exact) mass is 194 g/mol. The van der Waals surface area contributed by atoms with Crippen molar-refractivity contribution in [2.45, 2.75) is 0 Å². The maximum absolute atomic E-state index is 4.53. The van der Waals surface area contributed by atoms with Crippen molar-refractivity contribution in [1.82, 2.24) is 4.99 Å². The van der Waals surface area contributed by atoms with Gasteiger partial charge in [-0.05, 0) is 29.3 Å². The van der Waals surface area contributed by atoms with Gasteiger partial charge in [0.25, 0.3) is 0 Å². The van der Waals surface area contributed by atoms with E-state index in [1.165, 1.54) is 0 Å². The Hall–Kier alpha value is -2.09. The Morgan fingerprint density at radius 1 is 0.800 bits per heavy atom. The summed E-state index contributed by atoms with van der Waals surface area (Å²) in [4.78, 5) is 4.53. The number of fused-ring (bicyclic) bond motifs is 1. The molecule has 1 N–H and O–H groups in total. The second-order valence-electron chi connectivity index (χ2n) is 3.47. The van der Waals surface area contributed by atoms with Crippen LogP contribution in [0.3, 0.4) is 0 Å². The van der Waals surface area contributed by atoms with Crippen LogP contribution in [0.4, 0.5) is 11.4 Å². The summed E-state index contributed by atoms with van der Waals surface area (Å²) in [6.07, 6.45) is 0. The van der Waals surface area contributed by atoms with Gasteiger partial charge in [-0.25, -0.2) is 5.32 Å². The van der Waals surface area contributed by atoms with Crippen LogP contribution < -0.4 is 10.3 Å². The average Bonchev–Trinajstić information content (AvgIpc) is 2.74. The van der Waals surface area contributed by atoms with Crippen LogP contribution in [0.25, 0.3) is 0 Å². The smallest absolute Gasteiger partial charge is 0.233 e. The van der Waals surface area contributed by atoms with Gasteiger partial charge in [-0.3, -0.25) is 0 Å². The van der Waals surface area contributed by atoms with E-state index in [4.69, 9.17) is 0 Å². The van der Waals surface area contributed by atoms with Crippen molar-refractivity contribution < 1.29 is 0 Å². The third-order valence-corrected chi connectivity index (χ3v) is 2.44. The first kappa shape index (κ1) is 8.24. The number of hydrogen-bond donors (Lipinski definition) is 1. The van der Waals surface area contributed by atoms with E-state index in [1.807, 2.05) is 42.5 Å². The normalized spacial score (nSPS) is 12.9. The second-order valence-corrected chi connectivity index (χ2v) is 3.47. The first-order chi connectivity index (χ1) is 7.43. The molecule has 0 atom stereocenters. The lowest BCUT2D eigenvalue weighted by atomic mass is 10.2. The molecule has 2 aromatic carbocycles. The molecule has 1 radical (unpaired) electrons. The molecule has 0 saturated heterocycles. The number of benzene rings is 2. The predicted molar refractivity (Wildman–Crippen MR) is 62.4 cm³/mol. The summed E-state index contributed by atoms with van der Waals surface area (Å²) in [6, 6.07) is 18.2. The van der Waals surface area contributed by atoms with Crippen LogP contribution in [0, 0.1) is 0 Å². The van der Waals surface area contributed by atoms with E-state index in [2.05, 4.69) is 22.4 Å². The van der Waals surface area contributed by atoms with Crippen LogP contribution in [0.2, 0.25) is 0 Å². The van der Waals surface area contributed by atoms with E-state index in [0.29, 0.717) is 0 Å². The summed E-state index contributed by atoms with van der Waals surface area (Å²) in [5.74, 6) is 0.928. The minimum atomic E-state index is 0.928. The minimum Gasteiger partial charge on any atom is -0.233 e. The van der Waals surface area contributed by atoms with Gasteiger partial charge in [-0.1, -0.05) is 30.3 Å². The van der Waals surface area contributed by atoms with Gasteiger partial charge in [0, 0.05) is 0 Å². The molecule has 3 rings (SSSR count). The number of para-hydroxylation sites is 2. The molecule has 0 amide bonds. The maximum atomic E-state index is 4.53. The van der Waals surface area contributed by atoms with Crippen LogP contribution in [-0.4, -0.2) is 5.84 Å². The van der Waals surface area contributed by atoms with Crippen molar-refractivity contribution in [3.05, 3.63) is 60.2 Å². The SMILES string of the molecule is c1ccc(C2=[N+]c3ccccc3N2)cc1. The molecule has 1 aliphatic heterocycles. The van der Waals surface area contributed by atoms with Crippen molar-refractivity contribution in [3.8, 4) is 0 Å². The van der Waals surface area contributed by atoms with Crippen LogP contribution in [0.1, 0.15) is 5.56 Å². The van der Waals surface area contributed by atoms with E-state index in [-0.39, 0.29) is 0 Å². The Bertz CT molecular complexity index is 515. The van der Waals surface area contributed by atoms with E-state index >= 15 is 0 Å². The van der Waals surface area contributed by atoms with Crippen LogP contribution in [0.5, 0.6) is 0 Å². The Labute approximate surface area is 88.3 Å². The molecule has 2 nitrogen and oxygen atoms in total. The summed E-state index contributed by atoms with van der Waals surface area (Å²) in [5, 5.41) is 3.30. The molecule has 1 heterocycles. The average molecular weight is 194 g/mol. The van der Waals surface area contributed by atoms with Crippen molar-refractivity contribution >= 4 is 17.2 Å². The molecule has 15 heavy (non-hydrogen) atoms. The highest BCUT2D eigenvalue weighted by Gasteiger charge is 2.24. The van der Waals surface area contributed by atoms with E-state index in [9.17, 15) is 0 Å². The standard InChI is InChI=1S/C13H10N2/c1-2-6-10(7-3-1)13-14-11-8-4-5-9-12(11)15-13/h1-9,14H/q+1. The van der Waals surface area contributed by atoms with E-state index in [1.54, 1.807) is 0 Å². The van der Waals surface area contributed by atoms with Crippen LogP contribution in [0.15, 0.2) is 54.6 Å². The molecule has 0 aromatic heterocycles. The summed E-state index contributed by atoms with van der Waals surface area (Å²) in [7, 11) is 0. The first-order valence-electron chi connectivity index (χ1n) is 4.94. The third kappa shape index (κ3) is 1.40. The molecule has 2 heteroatoms. The van der Waals surface area contributed by atoms with Gasteiger partial charge in [0.15, 0.2) is 5.69 Å². The molecule has 1 aliphatic rings. The summed E-state index contributed by atoms with van der Waals surface area (Å²) in [6.45, 7) is 0. The van der Waals surface area contributed by atoms with Gasteiger partial charge >= 0.3 is 5.84 Å². The fraction of sp³-hybridized carbons (Fsp3) is 0. The van der Waals surface area contributed by atoms with E-state index < -0.39 is 0 Å². The lowest BCUT2D eigenvalue weighted by Gasteiger charge is -1.92. The Morgan fingerprint density at radius 2 is 1.53 bits per heavy atom. The number of anilines is 1. The maximum Gasteiger partial charge on any atom is 0.329 e. The number of amidine groups is 1. The van der Waals surface area contributed by atoms with Gasteiger partial charge in [-0.15, -0.1) is 0 Å². The van der Waals surface area contributed by atoms with Gasteiger partial charge < -0.3 is 0 Å². The molecule has 0 bridgehead atoms. The molecule has 71 valence electrons. The third-order valence-electron chi connectivity index (χ3n) is 2.44. The Morgan fingerprint density at radius 3 is 2.33 bits per heavy atom. The molecule has 2 aromatic rings. The van der Waals surface area contributed by atoms with Crippen molar-refractivity contribution in [2.75, 3.05) is 5.32 Å². The molecule has 0 saturated carbocycles. The topological polar surface area (TPSA) is 26.1 Å². The highest BCUT2D eigenvalue weighted by Crippen LogP contribution is 2.24. The lowest BCUT2D eigenvalue weighted by Crippen LogP contribution is -2.11. The highest BCUT2D eigenvalue weighted by molar-refractivity contribution is 6.13. The van der Waals surface area contributed by atoms with E-state index in [0.717, 1.165) is 22.8 Å². The number of nitrogens with one attached hydrogen (secondary N) is 1. The first-order valence-corrected chi connectivity index (χ1v) is 4.94. The van der Waals surface area contributed by atoms with Crippen LogP contribution >= 0.6 is 0 Å². The zero-order valence-electron chi connectivity index (χ0n) is 8.14. The zero-order chi connectivity index (χ0) is 10.1. The molecule has 0 fully saturated rings.